The Kier molecular flexibility index (Phi) is 4.45. The summed E-state index contributed by atoms with van der Waals surface area (Å²) in [4.78, 5) is 9.07. The second kappa shape index (κ2) is 5.87. The average molecular weight is 269 g/mol. The van der Waals surface area contributed by atoms with Gasteiger partial charge in [-0.25, -0.2) is 4.98 Å². The molecule has 1 aliphatic rings. The van der Waals surface area contributed by atoms with Gasteiger partial charge < -0.3 is 5.32 Å². The summed E-state index contributed by atoms with van der Waals surface area (Å²) in [5.74, 6) is 0. The number of thioether (sulfide) groups is 1. The quantitative estimate of drug-likeness (QED) is 0.917. The van der Waals surface area contributed by atoms with Gasteiger partial charge in [0.25, 0.3) is 0 Å². The van der Waals surface area contributed by atoms with Crippen LogP contribution in [0.3, 0.4) is 0 Å². The van der Waals surface area contributed by atoms with Gasteiger partial charge in [0.1, 0.15) is 0 Å². The summed E-state index contributed by atoms with van der Waals surface area (Å²) in [7, 11) is 0. The Balaban J connectivity index is 1.83. The molecule has 1 aromatic rings. The van der Waals surface area contributed by atoms with E-state index < -0.39 is 0 Å². The van der Waals surface area contributed by atoms with E-state index in [4.69, 9.17) is 0 Å². The van der Waals surface area contributed by atoms with Gasteiger partial charge in [0.05, 0.1) is 10.7 Å². The lowest BCUT2D eigenvalue weighted by Crippen LogP contribution is -2.38. The fourth-order valence-electron chi connectivity index (χ4n) is 1.92. The van der Waals surface area contributed by atoms with E-state index in [2.05, 4.69) is 34.5 Å². The number of aromatic nitrogens is 1. The number of aryl methyl sites for hydroxylation is 1. The predicted octanol–water partition coefficient (Wildman–Crippen LogP) is 2.85. The van der Waals surface area contributed by atoms with E-state index in [1.54, 1.807) is 11.3 Å². The monoisotopic (exact) mass is 269 g/mol. The maximum atomic E-state index is 4.62. The van der Waals surface area contributed by atoms with Crippen molar-refractivity contribution in [3.8, 4) is 0 Å². The molecule has 1 aliphatic heterocycles. The first kappa shape index (κ1) is 12.9. The molecule has 1 aromatic heterocycles. The van der Waals surface area contributed by atoms with Crippen molar-refractivity contribution >= 4 is 28.3 Å². The van der Waals surface area contributed by atoms with Crippen molar-refractivity contribution in [3.63, 3.8) is 0 Å². The van der Waals surface area contributed by atoms with Crippen LogP contribution in [-0.2, 0) is 6.42 Å². The first-order chi connectivity index (χ1) is 8.13. The zero-order valence-electron chi connectivity index (χ0n) is 10.6. The number of thiazole rings is 1. The molecule has 2 heterocycles. The Labute approximate surface area is 111 Å². The molecule has 0 aliphatic carbocycles. The number of nitrogens with zero attached hydrogens (tertiary/aromatic N) is 2. The van der Waals surface area contributed by atoms with Crippen LogP contribution in [0.15, 0.2) is 10.4 Å². The van der Waals surface area contributed by atoms with Crippen LogP contribution in [0.1, 0.15) is 31.0 Å². The van der Waals surface area contributed by atoms with E-state index in [0.29, 0.717) is 11.3 Å². The summed E-state index contributed by atoms with van der Waals surface area (Å²) in [6.45, 7) is 7.36. The Bertz CT molecular complexity index is 388. The molecule has 1 saturated heterocycles. The van der Waals surface area contributed by atoms with Crippen LogP contribution in [0.4, 0.5) is 0 Å². The molecule has 1 N–H and O–H groups in total. The predicted molar refractivity (Wildman–Crippen MR) is 77.1 cm³/mol. The summed E-state index contributed by atoms with van der Waals surface area (Å²) in [5.41, 5.74) is 1.17. The normalized spacial score (nSPS) is 27.1. The summed E-state index contributed by atoms with van der Waals surface area (Å²) in [6.07, 6.45) is 2.16. The van der Waals surface area contributed by atoms with Crippen molar-refractivity contribution in [1.82, 2.24) is 10.3 Å². The van der Waals surface area contributed by atoms with Gasteiger partial charge in [0.15, 0.2) is 5.17 Å². The SMILES string of the molecule is Cc1nc(CCN=C2NC(C)CC(C)S2)cs1. The topological polar surface area (TPSA) is 37.3 Å². The van der Waals surface area contributed by atoms with E-state index in [9.17, 15) is 0 Å². The van der Waals surface area contributed by atoms with Crippen molar-refractivity contribution in [3.05, 3.63) is 16.1 Å². The van der Waals surface area contributed by atoms with Gasteiger partial charge in [0, 0.05) is 29.6 Å². The van der Waals surface area contributed by atoms with Gasteiger partial charge in [-0.3, -0.25) is 4.99 Å². The molecule has 2 atom stereocenters. The highest BCUT2D eigenvalue weighted by Gasteiger charge is 2.19. The number of nitrogens with one attached hydrogen (secondary N) is 1. The molecule has 5 heteroatoms. The highest BCUT2D eigenvalue weighted by atomic mass is 32.2. The third kappa shape index (κ3) is 4.00. The van der Waals surface area contributed by atoms with Crippen molar-refractivity contribution in [1.29, 1.82) is 0 Å². The van der Waals surface area contributed by atoms with Crippen molar-refractivity contribution < 1.29 is 0 Å². The fourth-order valence-corrected chi connectivity index (χ4v) is 3.77. The number of rotatable bonds is 3. The maximum Gasteiger partial charge on any atom is 0.157 e. The molecule has 2 unspecified atom stereocenters. The number of amidine groups is 1. The Morgan fingerprint density at radius 1 is 1.53 bits per heavy atom. The molecule has 1 fully saturated rings. The van der Waals surface area contributed by atoms with Crippen molar-refractivity contribution in [2.24, 2.45) is 4.99 Å². The van der Waals surface area contributed by atoms with Gasteiger partial charge >= 0.3 is 0 Å². The lowest BCUT2D eigenvalue weighted by atomic mass is 10.2. The zero-order chi connectivity index (χ0) is 12.3. The van der Waals surface area contributed by atoms with E-state index in [1.165, 1.54) is 12.1 Å². The molecule has 3 nitrogen and oxygen atoms in total. The maximum absolute atomic E-state index is 4.62. The van der Waals surface area contributed by atoms with Gasteiger partial charge in [-0.15, -0.1) is 11.3 Å². The second-order valence-corrected chi connectivity index (χ2v) is 6.99. The Morgan fingerprint density at radius 3 is 3.00 bits per heavy atom. The molecule has 0 saturated carbocycles. The molecule has 0 amide bonds. The Hall–Kier alpha value is -0.550. The van der Waals surface area contributed by atoms with Gasteiger partial charge in [-0.1, -0.05) is 18.7 Å². The summed E-state index contributed by atoms with van der Waals surface area (Å²) in [5, 5.41) is 8.47. The first-order valence-corrected chi connectivity index (χ1v) is 7.78. The second-order valence-electron chi connectivity index (χ2n) is 4.50. The molecule has 2 rings (SSSR count). The van der Waals surface area contributed by atoms with Crippen molar-refractivity contribution in [2.75, 3.05) is 6.54 Å². The molecule has 0 aromatic carbocycles. The summed E-state index contributed by atoms with van der Waals surface area (Å²) < 4.78 is 0. The van der Waals surface area contributed by atoms with Gasteiger partial charge in [-0.2, -0.15) is 0 Å². The van der Waals surface area contributed by atoms with Crippen LogP contribution in [0, 0.1) is 6.92 Å². The number of hydrogen-bond donors (Lipinski definition) is 1. The summed E-state index contributed by atoms with van der Waals surface area (Å²) >= 11 is 3.56. The van der Waals surface area contributed by atoms with Crippen LogP contribution >= 0.6 is 23.1 Å². The van der Waals surface area contributed by atoms with Crippen LogP contribution in [0.2, 0.25) is 0 Å². The van der Waals surface area contributed by atoms with Crippen LogP contribution in [-0.4, -0.2) is 28.0 Å². The average Bonchev–Trinajstić information content (AvgIpc) is 2.63. The molecular weight excluding hydrogens is 250 g/mol. The number of hydrogen-bond acceptors (Lipinski definition) is 4. The van der Waals surface area contributed by atoms with Crippen molar-refractivity contribution in [2.45, 2.75) is 44.9 Å². The van der Waals surface area contributed by atoms with Crippen LogP contribution in [0.5, 0.6) is 0 Å². The highest BCUT2D eigenvalue weighted by molar-refractivity contribution is 8.14. The van der Waals surface area contributed by atoms with Crippen LogP contribution < -0.4 is 5.32 Å². The minimum atomic E-state index is 0.548. The van der Waals surface area contributed by atoms with E-state index >= 15 is 0 Å². The van der Waals surface area contributed by atoms with Crippen LogP contribution in [0.25, 0.3) is 0 Å². The molecule has 94 valence electrons. The molecule has 0 radical (unpaired) electrons. The zero-order valence-corrected chi connectivity index (χ0v) is 12.2. The van der Waals surface area contributed by atoms with Gasteiger partial charge in [0.2, 0.25) is 0 Å². The molecular formula is C12H19N3S2. The minimum Gasteiger partial charge on any atom is -0.362 e. The third-order valence-corrected chi connectivity index (χ3v) is 4.55. The molecule has 17 heavy (non-hydrogen) atoms. The number of aliphatic imine (C=N–C) groups is 1. The first-order valence-electron chi connectivity index (χ1n) is 6.02. The standard InChI is InChI=1S/C12H19N3S2/c1-8-6-9(2)17-12(14-8)13-5-4-11-7-16-10(3)15-11/h7-9H,4-6H2,1-3H3,(H,13,14). The smallest absolute Gasteiger partial charge is 0.157 e. The van der Waals surface area contributed by atoms with E-state index in [-0.39, 0.29) is 0 Å². The van der Waals surface area contributed by atoms with Gasteiger partial charge in [-0.05, 0) is 20.3 Å². The third-order valence-electron chi connectivity index (χ3n) is 2.66. The molecule has 0 bridgehead atoms. The minimum absolute atomic E-state index is 0.548. The largest absolute Gasteiger partial charge is 0.362 e. The lowest BCUT2D eigenvalue weighted by molar-refractivity contribution is 0.597. The Morgan fingerprint density at radius 2 is 2.35 bits per heavy atom. The lowest BCUT2D eigenvalue weighted by Gasteiger charge is -2.26. The van der Waals surface area contributed by atoms with E-state index in [0.717, 1.165) is 23.1 Å². The van der Waals surface area contributed by atoms with E-state index in [1.807, 2.05) is 18.7 Å². The summed E-state index contributed by atoms with van der Waals surface area (Å²) in [6, 6.07) is 0.548. The molecule has 0 spiro atoms. The highest BCUT2D eigenvalue weighted by Crippen LogP contribution is 2.22. The fraction of sp³-hybridized carbons (Fsp3) is 0.667.